The van der Waals surface area contributed by atoms with Crippen LogP contribution in [0.25, 0.3) is 0 Å². The summed E-state index contributed by atoms with van der Waals surface area (Å²) < 4.78 is 5.86. The molecule has 0 aliphatic carbocycles. The number of hydrogen-bond donors (Lipinski definition) is 1. The van der Waals surface area contributed by atoms with Gasteiger partial charge in [0.25, 0.3) is 5.91 Å². The zero-order valence-electron chi connectivity index (χ0n) is 14.8. The second kappa shape index (κ2) is 9.58. The lowest BCUT2D eigenvalue weighted by atomic mass is 10.1. The predicted octanol–water partition coefficient (Wildman–Crippen LogP) is 3.51. The lowest BCUT2D eigenvalue weighted by Gasteiger charge is -2.22. The van der Waals surface area contributed by atoms with Crippen LogP contribution in [0.5, 0.6) is 5.75 Å². The van der Waals surface area contributed by atoms with Gasteiger partial charge < -0.3 is 9.64 Å². The van der Waals surface area contributed by atoms with Crippen molar-refractivity contribution in [3.63, 3.8) is 0 Å². The summed E-state index contributed by atoms with van der Waals surface area (Å²) >= 11 is 0. The first-order valence-electron chi connectivity index (χ1n) is 8.61. The third-order valence-corrected chi connectivity index (χ3v) is 4.15. The molecule has 1 N–H and O–H groups in total. The van der Waals surface area contributed by atoms with Gasteiger partial charge in [-0.2, -0.15) is 0 Å². The lowest BCUT2D eigenvalue weighted by molar-refractivity contribution is -0.149. The number of ether oxygens (including phenoxy) is 1. The Hall–Kier alpha value is -2.86. The van der Waals surface area contributed by atoms with Crippen LogP contribution in [0.4, 0.5) is 0 Å². The molecular weight excluding hydrogens is 332 g/mol. The average molecular weight is 356 g/mol. The summed E-state index contributed by atoms with van der Waals surface area (Å²) in [5.74, 6) is 0.876. The zero-order valence-corrected chi connectivity index (χ0v) is 14.8. The summed E-state index contributed by atoms with van der Waals surface area (Å²) in [6.07, 6.45) is 6.78. The molecular formula is C20H24N2O4. The standard InChI is InChI=1S/C20H24N2O4/c1-3-17-18(4-2)26-19-12-8-7-11-16(19)20(24)22(17)14-10-6-5-9-13-21(25)15-23/h3-4,7-8,11-12,15,25H,1-2,5-6,9-10,13-14H2. The smallest absolute Gasteiger partial charge is 0.262 e. The van der Waals surface area contributed by atoms with E-state index in [1.54, 1.807) is 35.3 Å². The van der Waals surface area contributed by atoms with Gasteiger partial charge in [0.05, 0.1) is 11.3 Å². The van der Waals surface area contributed by atoms with Crippen LogP contribution < -0.4 is 4.74 Å². The van der Waals surface area contributed by atoms with Crippen LogP contribution in [0.1, 0.15) is 36.0 Å². The van der Waals surface area contributed by atoms with Crippen molar-refractivity contribution < 1.29 is 19.5 Å². The number of amides is 2. The van der Waals surface area contributed by atoms with Gasteiger partial charge >= 0.3 is 0 Å². The number of hydrogen-bond acceptors (Lipinski definition) is 4. The van der Waals surface area contributed by atoms with Gasteiger partial charge in [-0.05, 0) is 37.1 Å². The molecule has 0 radical (unpaired) electrons. The summed E-state index contributed by atoms with van der Waals surface area (Å²) in [6, 6.07) is 7.12. The predicted molar refractivity (Wildman–Crippen MR) is 98.6 cm³/mol. The number of carbonyl (C=O) groups excluding carboxylic acids is 2. The summed E-state index contributed by atoms with van der Waals surface area (Å²) in [7, 11) is 0. The largest absolute Gasteiger partial charge is 0.454 e. The fraction of sp³-hybridized carbons (Fsp3) is 0.300. The van der Waals surface area contributed by atoms with Crippen LogP contribution in [0.3, 0.4) is 0 Å². The van der Waals surface area contributed by atoms with E-state index in [9.17, 15) is 9.59 Å². The number of allylic oxidation sites excluding steroid dienone is 2. The molecule has 1 aliphatic heterocycles. The summed E-state index contributed by atoms with van der Waals surface area (Å²) in [4.78, 5) is 25.0. The van der Waals surface area contributed by atoms with E-state index >= 15 is 0 Å². The van der Waals surface area contributed by atoms with Crippen molar-refractivity contribution >= 4 is 12.3 Å². The molecule has 2 amide bonds. The maximum absolute atomic E-state index is 13.0. The molecule has 0 unspecified atom stereocenters. The van der Waals surface area contributed by atoms with Crippen molar-refractivity contribution in [2.75, 3.05) is 13.1 Å². The van der Waals surface area contributed by atoms with Gasteiger partial charge in [0.1, 0.15) is 5.75 Å². The van der Waals surface area contributed by atoms with Gasteiger partial charge in [0.2, 0.25) is 6.41 Å². The number of para-hydroxylation sites is 1. The van der Waals surface area contributed by atoms with Crippen molar-refractivity contribution in [1.29, 1.82) is 0 Å². The summed E-state index contributed by atoms with van der Waals surface area (Å²) in [6.45, 7) is 8.42. The van der Waals surface area contributed by atoms with E-state index in [0.29, 0.717) is 53.8 Å². The number of carbonyl (C=O) groups is 2. The van der Waals surface area contributed by atoms with E-state index < -0.39 is 0 Å². The molecule has 2 rings (SSSR count). The molecule has 0 spiro atoms. The maximum Gasteiger partial charge on any atom is 0.262 e. The first-order chi connectivity index (χ1) is 12.6. The first kappa shape index (κ1) is 19.5. The fourth-order valence-electron chi connectivity index (χ4n) is 2.82. The molecule has 6 nitrogen and oxygen atoms in total. The second-order valence-electron chi connectivity index (χ2n) is 5.90. The van der Waals surface area contributed by atoms with Crippen LogP contribution in [0.15, 0.2) is 61.0 Å². The van der Waals surface area contributed by atoms with Gasteiger partial charge in [0.15, 0.2) is 5.76 Å². The second-order valence-corrected chi connectivity index (χ2v) is 5.90. The molecule has 26 heavy (non-hydrogen) atoms. The highest BCUT2D eigenvalue weighted by Crippen LogP contribution is 2.30. The van der Waals surface area contributed by atoms with Gasteiger partial charge in [-0.3, -0.25) is 14.8 Å². The molecule has 1 aliphatic rings. The number of rotatable bonds is 10. The molecule has 0 bridgehead atoms. The van der Waals surface area contributed by atoms with Gasteiger partial charge in [-0.25, -0.2) is 5.06 Å². The van der Waals surface area contributed by atoms with Crippen LogP contribution in [-0.2, 0) is 4.79 Å². The molecule has 1 aromatic rings. The zero-order chi connectivity index (χ0) is 18.9. The summed E-state index contributed by atoms with van der Waals surface area (Å²) in [5, 5.41) is 9.71. The fourth-order valence-corrected chi connectivity index (χ4v) is 2.82. The summed E-state index contributed by atoms with van der Waals surface area (Å²) in [5.41, 5.74) is 1.11. The highest BCUT2D eigenvalue weighted by molar-refractivity contribution is 5.98. The topological polar surface area (TPSA) is 70.1 Å². The Kier molecular flexibility index (Phi) is 7.17. The van der Waals surface area contributed by atoms with E-state index in [0.717, 1.165) is 19.3 Å². The average Bonchev–Trinajstić information content (AvgIpc) is 2.78. The highest BCUT2D eigenvalue weighted by atomic mass is 16.5. The molecule has 138 valence electrons. The molecule has 1 heterocycles. The third-order valence-electron chi connectivity index (χ3n) is 4.15. The molecule has 6 heteroatoms. The van der Waals surface area contributed by atoms with Crippen molar-refractivity contribution in [3.8, 4) is 5.75 Å². The SMILES string of the molecule is C=CC1=C(C=C)N(CCCCCCN(O)C=O)C(=O)c2ccccc2O1. The molecule has 0 atom stereocenters. The van der Waals surface area contributed by atoms with Crippen molar-refractivity contribution in [2.45, 2.75) is 25.7 Å². The minimum Gasteiger partial charge on any atom is -0.454 e. The number of fused-ring (bicyclic) bond motifs is 1. The van der Waals surface area contributed by atoms with E-state index in [4.69, 9.17) is 9.94 Å². The Morgan fingerprint density at radius 1 is 1.12 bits per heavy atom. The molecule has 0 saturated carbocycles. The molecule has 0 saturated heterocycles. The Morgan fingerprint density at radius 3 is 2.54 bits per heavy atom. The van der Waals surface area contributed by atoms with E-state index in [-0.39, 0.29) is 5.91 Å². The Morgan fingerprint density at radius 2 is 1.85 bits per heavy atom. The number of hydroxylamine groups is 2. The van der Waals surface area contributed by atoms with Gasteiger partial charge in [0, 0.05) is 13.1 Å². The van der Waals surface area contributed by atoms with Crippen molar-refractivity contribution in [2.24, 2.45) is 0 Å². The van der Waals surface area contributed by atoms with Gasteiger partial charge in [-0.1, -0.05) is 38.1 Å². The van der Waals surface area contributed by atoms with Gasteiger partial charge in [-0.15, -0.1) is 0 Å². The van der Waals surface area contributed by atoms with Crippen LogP contribution >= 0.6 is 0 Å². The third kappa shape index (κ3) is 4.61. The number of unbranched alkanes of at least 4 members (excludes halogenated alkanes) is 3. The monoisotopic (exact) mass is 356 g/mol. The maximum atomic E-state index is 13.0. The van der Waals surface area contributed by atoms with E-state index in [2.05, 4.69) is 13.2 Å². The van der Waals surface area contributed by atoms with Crippen molar-refractivity contribution in [1.82, 2.24) is 9.96 Å². The molecule has 1 aromatic carbocycles. The number of nitrogens with zero attached hydrogens (tertiary/aromatic N) is 2. The first-order valence-corrected chi connectivity index (χ1v) is 8.61. The van der Waals surface area contributed by atoms with Crippen molar-refractivity contribution in [3.05, 3.63) is 66.6 Å². The Balaban J connectivity index is 2.06. The van der Waals surface area contributed by atoms with Crippen LogP contribution in [-0.4, -0.2) is 40.6 Å². The van der Waals surface area contributed by atoms with Crippen LogP contribution in [0, 0.1) is 0 Å². The molecule has 0 aromatic heterocycles. The normalized spacial score (nSPS) is 13.6. The minimum atomic E-state index is -0.130. The quantitative estimate of drug-likeness (QED) is 0.301. The lowest BCUT2D eigenvalue weighted by Crippen LogP contribution is -2.30. The number of benzene rings is 1. The van der Waals surface area contributed by atoms with Crippen LogP contribution in [0.2, 0.25) is 0 Å². The van der Waals surface area contributed by atoms with E-state index in [1.165, 1.54) is 0 Å². The Labute approximate surface area is 153 Å². The molecule has 0 fully saturated rings. The van der Waals surface area contributed by atoms with E-state index in [1.807, 2.05) is 6.07 Å². The highest BCUT2D eigenvalue weighted by Gasteiger charge is 2.27. The Bertz CT molecular complexity index is 712. The minimum absolute atomic E-state index is 0.130.